The smallest absolute Gasteiger partial charge is 0.191 e. The van der Waals surface area contributed by atoms with Gasteiger partial charge in [-0.05, 0) is 73.8 Å². The van der Waals surface area contributed by atoms with Crippen LogP contribution in [-0.2, 0) is 6.42 Å². The summed E-state index contributed by atoms with van der Waals surface area (Å²) in [5, 5.41) is 41.6. The molecule has 7 atom stereocenters. The third kappa shape index (κ3) is 5.11. The molecule has 0 spiro atoms. The van der Waals surface area contributed by atoms with Crippen LogP contribution < -0.4 is 10.6 Å². The van der Waals surface area contributed by atoms with Gasteiger partial charge in [0.1, 0.15) is 0 Å². The predicted octanol–water partition coefficient (Wildman–Crippen LogP) is 3.82. The van der Waals surface area contributed by atoms with Crippen molar-refractivity contribution in [1.29, 1.82) is 0 Å². The van der Waals surface area contributed by atoms with Crippen molar-refractivity contribution in [3.63, 3.8) is 0 Å². The Labute approximate surface area is 243 Å². The summed E-state index contributed by atoms with van der Waals surface area (Å²) in [6, 6.07) is 10.3. The minimum atomic E-state index is -0.953. The van der Waals surface area contributed by atoms with Crippen molar-refractivity contribution in [3.8, 4) is 11.8 Å². The van der Waals surface area contributed by atoms with Gasteiger partial charge in [0.15, 0.2) is 5.96 Å². The zero-order valence-electron chi connectivity index (χ0n) is 24.1. The number of allylic oxidation sites excluding steroid dienone is 2. The minimum absolute atomic E-state index is 0.0310. The first-order valence-electron chi connectivity index (χ1n) is 15.2. The van der Waals surface area contributed by atoms with Crippen molar-refractivity contribution in [2.75, 3.05) is 20.2 Å². The number of aliphatic hydroxyl groups is 3. The van der Waals surface area contributed by atoms with Crippen LogP contribution in [0.3, 0.4) is 0 Å². The molecule has 0 radical (unpaired) electrons. The highest BCUT2D eigenvalue weighted by Crippen LogP contribution is 2.63. The number of hydrogen-bond donors (Lipinski definition) is 6. The molecule has 218 valence electrons. The Morgan fingerprint density at radius 2 is 2.02 bits per heavy atom. The van der Waals surface area contributed by atoms with Crippen molar-refractivity contribution in [2.24, 2.45) is 28.2 Å². The monoisotopic (exact) mass is 556 g/mol. The van der Waals surface area contributed by atoms with Crippen molar-refractivity contribution >= 4 is 16.9 Å². The molecule has 0 amide bonds. The fraction of sp³-hybridized carbons (Fsp3) is 0.559. The number of guanidine groups is 1. The van der Waals surface area contributed by atoms with Gasteiger partial charge in [0.2, 0.25) is 0 Å². The zero-order chi connectivity index (χ0) is 28.7. The van der Waals surface area contributed by atoms with E-state index in [0.717, 1.165) is 29.6 Å². The number of hydrogen-bond acceptors (Lipinski definition) is 4. The maximum atomic E-state index is 12.4. The van der Waals surface area contributed by atoms with E-state index < -0.39 is 11.2 Å². The number of aromatic nitrogens is 1. The molecule has 1 aromatic heterocycles. The maximum absolute atomic E-state index is 12.4. The molecule has 0 unspecified atom stereocenters. The lowest BCUT2D eigenvalue weighted by Crippen LogP contribution is -2.50. The van der Waals surface area contributed by atoms with Crippen molar-refractivity contribution < 1.29 is 15.3 Å². The molecule has 1 heterocycles. The molecule has 0 saturated heterocycles. The van der Waals surface area contributed by atoms with Gasteiger partial charge in [-0.15, -0.1) is 5.92 Å². The molecule has 2 aromatic rings. The first-order valence-corrected chi connectivity index (χ1v) is 15.2. The highest BCUT2D eigenvalue weighted by Gasteiger charge is 2.62. The van der Waals surface area contributed by atoms with Crippen molar-refractivity contribution in [3.05, 3.63) is 60.3 Å². The second-order valence-electron chi connectivity index (χ2n) is 12.9. The number of aliphatic hydroxyl groups excluding tert-OH is 1. The molecule has 7 nitrogen and oxygen atoms in total. The van der Waals surface area contributed by atoms with Gasteiger partial charge in [0.25, 0.3) is 0 Å². The van der Waals surface area contributed by atoms with Crippen LogP contribution in [0.4, 0.5) is 0 Å². The molecule has 7 heteroatoms. The average Bonchev–Trinajstić information content (AvgIpc) is 3.50. The minimum Gasteiger partial charge on any atom is -0.396 e. The fourth-order valence-corrected chi connectivity index (χ4v) is 8.43. The number of fused-ring (bicyclic) bond motifs is 6. The van der Waals surface area contributed by atoms with Gasteiger partial charge in [0.05, 0.1) is 17.2 Å². The summed E-state index contributed by atoms with van der Waals surface area (Å²) >= 11 is 0. The van der Waals surface area contributed by atoms with E-state index in [2.05, 4.69) is 68.9 Å². The van der Waals surface area contributed by atoms with Gasteiger partial charge in [-0.25, -0.2) is 0 Å². The Morgan fingerprint density at radius 1 is 1.17 bits per heavy atom. The molecule has 4 aliphatic carbocycles. The third-order valence-electron chi connectivity index (χ3n) is 10.6. The molecule has 1 aromatic carbocycles. The molecule has 4 aliphatic rings. The first kappa shape index (κ1) is 28.1. The number of rotatable bonds is 7. The highest BCUT2D eigenvalue weighted by atomic mass is 16.3. The SMILES string of the molecule is C=C(Cc1cc2ccccc2[nH]1)[C@]12CC#C[C@@H](NC(=NC)NCCCO)C[C@]3(O)CC[C@@H]([C@@H]3C1)[C@@]1(O)CC=C[C@@H]2C1. The van der Waals surface area contributed by atoms with Gasteiger partial charge in [0, 0.05) is 56.1 Å². The van der Waals surface area contributed by atoms with E-state index in [1.807, 2.05) is 6.07 Å². The summed E-state index contributed by atoms with van der Waals surface area (Å²) in [5.41, 5.74) is 1.24. The van der Waals surface area contributed by atoms with Gasteiger partial charge in [-0.2, -0.15) is 0 Å². The number of H-pyrrole nitrogens is 1. The lowest BCUT2D eigenvalue weighted by Gasteiger charge is -2.44. The van der Waals surface area contributed by atoms with Gasteiger partial charge in [-0.1, -0.05) is 48.4 Å². The van der Waals surface area contributed by atoms with Crippen LogP contribution in [0.25, 0.3) is 10.9 Å². The van der Waals surface area contributed by atoms with E-state index in [4.69, 9.17) is 6.58 Å². The summed E-state index contributed by atoms with van der Waals surface area (Å²) in [6.07, 6.45) is 10.5. The maximum Gasteiger partial charge on any atom is 0.191 e. The lowest BCUT2D eigenvalue weighted by molar-refractivity contribution is -0.0763. The number of para-hydroxylation sites is 1. The molecule has 0 aliphatic heterocycles. The predicted molar refractivity (Wildman–Crippen MR) is 163 cm³/mol. The molecular formula is C34H44N4O3. The summed E-state index contributed by atoms with van der Waals surface area (Å²) < 4.78 is 0. The van der Waals surface area contributed by atoms with E-state index in [0.29, 0.717) is 57.5 Å². The Balaban J connectivity index is 1.37. The molecule has 4 bridgehead atoms. The highest BCUT2D eigenvalue weighted by molar-refractivity contribution is 5.81. The summed E-state index contributed by atoms with van der Waals surface area (Å²) in [5.74, 6) is 7.73. The van der Waals surface area contributed by atoms with Crippen LogP contribution in [-0.4, -0.2) is 63.7 Å². The molecule has 2 saturated carbocycles. The number of aromatic amines is 1. The lowest BCUT2D eigenvalue weighted by atomic mass is 9.61. The quantitative estimate of drug-likeness (QED) is 0.102. The van der Waals surface area contributed by atoms with Crippen molar-refractivity contribution in [1.82, 2.24) is 15.6 Å². The topological polar surface area (TPSA) is 113 Å². The second kappa shape index (κ2) is 11.0. The van der Waals surface area contributed by atoms with Gasteiger partial charge in [-0.3, -0.25) is 4.99 Å². The second-order valence-corrected chi connectivity index (χ2v) is 12.9. The fourth-order valence-electron chi connectivity index (χ4n) is 8.43. The number of nitrogens with one attached hydrogen (secondary N) is 3. The Morgan fingerprint density at radius 3 is 2.83 bits per heavy atom. The van der Waals surface area contributed by atoms with E-state index in [9.17, 15) is 15.3 Å². The van der Waals surface area contributed by atoms with Crippen LogP contribution in [0.5, 0.6) is 0 Å². The normalized spacial score (nSPS) is 36.0. The van der Waals surface area contributed by atoms with E-state index in [1.165, 1.54) is 5.39 Å². The summed E-state index contributed by atoms with van der Waals surface area (Å²) in [7, 11) is 1.72. The molecule has 6 rings (SSSR count). The van der Waals surface area contributed by atoms with Gasteiger partial charge >= 0.3 is 0 Å². The van der Waals surface area contributed by atoms with Crippen molar-refractivity contribution in [2.45, 2.75) is 75.0 Å². The van der Waals surface area contributed by atoms with Crippen LogP contribution in [0.15, 0.2) is 59.6 Å². The number of benzene rings is 1. The van der Waals surface area contributed by atoms with E-state index in [-0.39, 0.29) is 35.8 Å². The van der Waals surface area contributed by atoms with Crippen LogP contribution in [0.1, 0.15) is 57.1 Å². The number of aliphatic imine (C=N–C) groups is 1. The molecular weight excluding hydrogens is 512 g/mol. The largest absolute Gasteiger partial charge is 0.396 e. The number of nitrogens with zero attached hydrogens (tertiary/aromatic N) is 1. The zero-order valence-corrected chi connectivity index (χ0v) is 24.1. The molecule has 6 N–H and O–H groups in total. The Kier molecular flexibility index (Phi) is 7.52. The van der Waals surface area contributed by atoms with E-state index in [1.54, 1.807) is 7.05 Å². The molecule has 2 fully saturated rings. The Hall–Kier alpha value is -3.05. The average molecular weight is 557 g/mol. The first-order chi connectivity index (χ1) is 19.8. The van der Waals surface area contributed by atoms with Crippen LogP contribution in [0.2, 0.25) is 0 Å². The standard InChI is InChI=1S/C34H44N4O3/c1-23(18-27-19-24-8-3-4-11-30(24)37-27)32-13-6-10-26(38-31(35-2)36-16-7-17-39)21-34(41)15-12-28(29(34)22-32)33(40)14-5-9-25(32)20-33/h3-5,8-9,11,19,25-26,28-29,37,39-41H,1,7,12-18,20-22H2,2H3,(H2,35,36,38)/t25-,26-,28+,29+,32+,33-,34-/m1/s1. The van der Waals surface area contributed by atoms with Crippen LogP contribution >= 0.6 is 0 Å². The molecule has 41 heavy (non-hydrogen) atoms. The Bertz CT molecular complexity index is 1380. The van der Waals surface area contributed by atoms with Gasteiger partial charge < -0.3 is 30.9 Å². The third-order valence-corrected chi connectivity index (χ3v) is 10.6. The summed E-state index contributed by atoms with van der Waals surface area (Å²) in [4.78, 5) is 7.95. The van der Waals surface area contributed by atoms with Crippen LogP contribution in [0, 0.1) is 35.0 Å². The summed E-state index contributed by atoms with van der Waals surface area (Å²) in [6.45, 7) is 5.45. The van der Waals surface area contributed by atoms with E-state index >= 15 is 0 Å².